The molecular formula is C22H20N2O3S. The van der Waals surface area contributed by atoms with Crippen molar-refractivity contribution in [3.63, 3.8) is 0 Å². The smallest absolute Gasteiger partial charge is 0.188 e. The number of benzene rings is 2. The highest BCUT2D eigenvalue weighted by atomic mass is 32.2. The Morgan fingerprint density at radius 3 is 2.61 bits per heavy atom. The molecule has 0 amide bonds. The van der Waals surface area contributed by atoms with Crippen molar-refractivity contribution in [2.24, 2.45) is 0 Å². The number of ether oxygens (including phenoxy) is 2. The molecule has 4 rings (SSSR count). The van der Waals surface area contributed by atoms with Gasteiger partial charge in [-0.05, 0) is 31.2 Å². The minimum Gasteiger partial charge on any atom is -0.490 e. The molecule has 2 aromatic carbocycles. The zero-order valence-electron chi connectivity index (χ0n) is 15.6. The van der Waals surface area contributed by atoms with Gasteiger partial charge in [-0.15, -0.1) is 0 Å². The number of Topliss-reactive ketones (excluding diaryl/α,β-unsaturated/α-hetero) is 1. The van der Waals surface area contributed by atoms with Gasteiger partial charge in [-0.1, -0.05) is 42.1 Å². The molecular weight excluding hydrogens is 372 g/mol. The first kappa shape index (κ1) is 18.5. The van der Waals surface area contributed by atoms with Gasteiger partial charge in [0.05, 0.1) is 24.7 Å². The van der Waals surface area contributed by atoms with Gasteiger partial charge in [0, 0.05) is 23.2 Å². The van der Waals surface area contributed by atoms with Crippen molar-refractivity contribution in [1.82, 2.24) is 9.97 Å². The highest BCUT2D eigenvalue weighted by Gasteiger charge is 2.15. The lowest BCUT2D eigenvalue weighted by Crippen LogP contribution is -2.04. The largest absolute Gasteiger partial charge is 0.490 e. The molecule has 142 valence electrons. The van der Waals surface area contributed by atoms with Crippen LogP contribution in [0.5, 0.6) is 11.5 Å². The SMILES string of the molecule is Cc1cc(-c2ccccc2)nc(SCC(=O)c2ccc3c(c2)OCCCO3)n1. The molecule has 0 unspecified atom stereocenters. The number of nitrogens with zero attached hydrogens (tertiary/aromatic N) is 2. The number of fused-ring (bicyclic) bond motifs is 1. The quantitative estimate of drug-likeness (QED) is 0.360. The molecule has 5 nitrogen and oxygen atoms in total. The van der Waals surface area contributed by atoms with Gasteiger partial charge in [-0.3, -0.25) is 4.79 Å². The Bertz CT molecular complexity index is 992. The number of thioether (sulfide) groups is 1. The molecule has 1 aliphatic heterocycles. The van der Waals surface area contributed by atoms with E-state index in [1.807, 2.05) is 43.3 Å². The summed E-state index contributed by atoms with van der Waals surface area (Å²) < 4.78 is 11.3. The Kier molecular flexibility index (Phi) is 5.58. The summed E-state index contributed by atoms with van der Waals surface area (Å²) >= 11 is 1.34. The number of carbonyl (C=O) groups excluding carboxylic acids is 1. The molecule has 2 heterocycles. The van der Waals surface area contributed by atoms with Crippen LogP contribution >= 0.6 is 11.8 Å². The van der Waals surface area contributed by atoms with Gasteiger partial charge in [0.2, 0.25) is 0 Å². The third-order valence-electron chi connectivity index (χ3n) is 4.31. The lowest BCUT2D eigenvalue weighted by molar-refractivity contribution is 0.102. The molecule has 0 bridgehead atoms. The molecule has 0 N–H and O–H groups in total. The molecule has 0 aliphatic carbocycles. The molecule has 0 saturated carbocycles. The van der Waals surface area contributed by atoms with Crippen LogP contribution in [0.2, 0.25) is 0 Å². The molecule has 1 aromatic heterocycles. The number of rotatable bonds is 5. The number of hydrogen-bond acceptors (Lipinski definition) is 6. The van der Waals surface area contributed by atoms with Gasteiger partial charge in [-0.2, -0.15) is 0 Å². The first-order valence-corrected chi connectivity index (χ1v) is 10.1. The topological polar surface area (TPSA) is 61.3 Å². The summed E-state index contributed by atoms with van der Waals surface area (Å²) in [5.74, 6) is 1.59. The van der Waals surface area contributed by atoms with Crippen molar-refractivity contribution in [3.05, 3.63) is 65.9 Å². The van der Waals surface area contributed by atoms with Crippen molar-refractivity contribution in [1.29, 1.82) is 0 Å². The highest BCUT2D eigenvalue weighted by Crippen LogP contribution is 2.31. The van der Waals surface area contributed by atoms with Crippen molar-refractivity contribution < 1.29 is 14.3 Å². The molecule has 6 heteroatoms. The van der Waals surface area contributed by atoms with E-state index in [0.29, 0.717) is 35.4 Å². The Morgan fingerprint density at radius 1 is 1.00 bits per heavy atom. The van der Waals surface area contributed by atoms with E-state index in [9.17, 15) is 4.79 Å². The number of carbonyl (C=O) groups is 1. The van der Waals surface area contributed by atoms with E-state index in [4.69, 9.17) is 9.47 Å². The van der Waals surface area contributed by atoms with E-state index >= 15 is 0 Å². The molecule has 0 atom stereocenters. The summed E-state index contributed by atoms with van der Waals surface area (Å²) in [7, 11) is 0. The predicted octanol–water partition coefficient (Wildman–Crippen LogP) is 4.59. The highest BCUT2D eigenvalue weighted by molar-refractivity contribution is 7.99. The van der Waals surface area contributed by atoms with Crippen molar-refractivity contribution in [2.45, 2.75) is 18.5 Å². The van der Waals surface area contributed by atoms with Crippen LogP contribution in [0.15, 0.2) is 59.8 Å². The normalized spacial score (nSPS) is 13.0. The fourth-order valence-electron chi connectivity index (χ4n) is 2.91. The summed E-state index contributed by atoms with van der Waals surface area (Å²) in [6.45, 7) is 3.16. The first-order valence-electron chi connectivity index (χ1n) is 9.16. The van der Waals surface area contributed by atoms with Gasteiger partial charge < -0.3 is 9.47 Å². The average molecular weight is 392 g/mol. The van der Waals surface area contributed by atoms with E-state index in [2.05, 4.69) is 9.97 Å². The van der Waals surface area contributed by atoms with Crippen LogP contribution in [0, 0.1) is 6.92 Å². The van der Waals surface area contributed by atoms with Gasteiger partial charge in [-0.25, -0.2) is 9.97 Å². The zero-order valence-corrected chi connectivity index (χ0v) is 16.4. The van der Waals surface area contributed by atoms with Crippen LogP contribution in [-0.4, -0.2) is 34.7 Å². The van der Waals surface area contributed by atoms with Crippen LogP contribution in [0.1, 0.15) is 22.5 Å². The number of hydrogen-bond donors (Lipinski definition) is 0. The average Bonchev–Trinajstić information content (AvgIpc) is 2.97. The number of aromatic nitrogens is 2. The summed E-state index contributed by atoms with van der Waals surface area (Å²) in [6.07, 6.45) is 0.836. The molecule has 0 radical (unpaired) electrons. The maximum Gasteiger partial charge on any atom is 0.188 e. The summed E-state index contributed by atoms with van der Waals surface area (Å²) in [4.78, 5) is 21.7. The molecule has 0 spiro atoms. The fraction of sp³-hybridized carbons (Fsp3) is 0.227. The van der Waals surface area contributed by atoms with Gasteiger partial charge >= 0.3 is 0 Å². The van der Waals surface area contributed by atoms with Gasteiger partial charge in [0.1, 0.15) is 0 Å². The molecule has 3 aromatic rings. The summed E-state index contributed by atoms with van der Waals surface area (Å²) in [6, 6.07) is 17.2. The molecule has 1 aliphatic rings. The Hall–Kier alpha value is -2.86. The first-order chi connectivity index (χ1) is 13.7. The molecule has 0 saturated heterocycles. The van der Waals surface area contributed by atoms with Crippen molar-refractivity contribution >= 4 is 17.5 Å². The zero-order chi connectivity index (χ0) is 19.3. The van der Waals surface area contributed by atoms with Crippen molar-refractivity contribution in [2.75, 3.05) is 19.0 Å². The second-order valence-corrected chi connectivity index (χ2v) is 7.41. The number of ketones is 1. The third-order valence-corrected chi connectivity index (χ3v) is 5.15. The molecule has 28 heavy (non-hydrogen) atoms. The minimum atomic E-state index is 0.00649. The van der Waals surface area contributed by atoms with Crippen LogP contribution in [0.3, 0.4) is 0 Å². The Balaban J connectivity index is 1.48. The van der Waals surface area contributed by atoms with Crippen molar-refractivity contribution in [3.8, 4) is 22.8 Å². The maximum absolute atomic E-state index is 12.7. The lowest BCUT2D eigenvalue weighted by atomic mass is 10.1. The Labute approximate surface area is 168 Å². The van der Waals surface area contributed by atoms with Crippen LogP contribution in [0.25, 0.3) is 11.3 Å². The molecule has 0 fully saturated rings. The standard InChI is InChI=1S/C22H20N2O3S/c1-15-12-18(16-6-3-2-4-7-16)24-22(23-15)28-14-19(25)17-8-9-20-21(13-17)27-11-5-10-26-20/h2-4,6-9,12-13H,5,10-11,14H2,1H3. The second kappa shape index (κ2) is 8.44. The maximum atomic E-state index is 12.7. The minimum absolute atomic E-state index is 0.00649. The summed E-state index contributed by atoms with van der Waals surface area (Å²) in [5.41, 5.74) is 3.37. The van der Waals surface area contributed by atoms with E-state index in [1.54, 1.807) is 18.2 Å². The third kappa shape index (κ3) is 4.34. The van der Waals surface area contributed by atoms with Crippen LogP contribution in [0.4, 0.5) is 0 Å². The van der Waals surface area contributed by atoms with E-state index in [0.717, 1.165) is 23.4 Å². The monoisotopic (exact) mass is 392 g/mol. The van der Waals surface area contributed by atoms with E-state index in [-0.39, 0.29) is 11.5 Å². The van der Waals surface area contributed by atoms with E-state index in [1.165, 1.54) is 11.8 Å². The van der Waals surface area contributed by atoms with Crippen LogP contribution in [-0.2, 0) is 0 Å². The predicted molar refractivity (Wildman–Crippen MR) is 109 cm³/mol. The van der Waals surface area contributed by atoms with Gasteiger partial charge in [0.15, 0.2) is 22.4 Å². The lowest BCUT2D eigenvalue weighted by Gasteiger charge is -2.09. The second-order valence-electron chi connectivity index (χ2n) is 6.47. The summed E-state index contributed by atoms with van der Waals surface area (Å²) in [5, 5.41) is 0.599. The fourth-order valence-corrected chi connectivity index (χ4v) is 3.71. The number of aryl methyl sites for hydroxylation is 1. The van der Waals surface area contributed by atoms with Gasteiger partial charge in [0.25, 0.3) is 0 Å². The van der Waals surface area contributed by atoms with E-state index < -0.39 is 0 Å². The van der Waals surface area contributed by atoms with Crippen LogP contribution < -0.4 is 9.47 Å². The Morgan fingerprint density at radius 2 is 1.79 bits per heavy atom.